The third-order valence-corrected chi connectivity index (χ3v) is 4.36. The number of hydrogen-bond donors (Lipinski definition) is 1. The van der Waals surface area contributed by atoms with Gasteiger partial charge in [0.15, 0.2) is 0 Å². The van der Waals surface area contributed by atoms with E-state index >= 15 is 0 Å². The van der Waals surface area contributed by atoms with Crippen LogP contribution in [0, 0.1) is 10.5 Å². The fourth-order valence-corrected chi connectivity index (χ4v) is 2.72. The van der Waals surface area contributed by atoms with Gasteiger partial charge >= 0.3 is 0 Å². The number of methoxy groups -OCH3 is 1. The minimum absolute atomic E-state index is 0.446. The van der Waals surface area contributed by atoms with Crippen LogP contribution < -0.4 is 5.32 Å². The third-order valence-electron chi connectivity index (χ3n) is 2.89. The summed E-state index contributed by atoms with van der Waals surface area (Å²) in [5.41, 5.74) is 2.78. The second-order valence-electron chi connectivity index (χ2n) is 4.22. The lowest BCUT2D eigenvalue weighted by Gasteiger charge is -2.20. The molecule has 0 amide bonds. The maximum atomic E-state index is 5.13. The Balaban J connectivity index is 2.77. The molecule has 0 aliphatic heterocycles. The first-order chi connectivity index (χ1) is 8.20. The van der Waals surface area contributed by atoms with Crippen LogP contribution in [0.1, 0.15) is 36.9 Å². The summed E-state index contributed by atoms with van der Waals surface area (Å²) in [6.07, 6.45) is 2.22. The zero-order chi connectivity index (χ0) is 12.7. The monoisotopic (exact) mass is 347 g/mol. The molecule has 3 heteroatoms. The zero-order valence-electron chi connectivity index (χ0n) is 10.9. The Hall–Kier alpha value is -0.130. The molecule has 0 fully saturated rings. The van der Waals surface area contributed by atoms with Crippen molar-refractivity contribution in [1.29, 1.82) is 0 Å². The molecule has 0 heterocycles. The fraction of sp³-hybridized carbons (Fsp3) is 0.571. The van der Waals surface area contributed by atoms with Gasteiger partial charge < -0.3 is 10.1 Å². The van der Waals surface area contributed by atoms with Gasteiger partial charge in [0.2, 0.25) is 0 Å². The molecule has 0 saturated heterocycles. The SMILES string of the molecule is CCNC(CCCOC)c1cccc(C)c1I. The summed E-state index contributed by atoms with van der Waals surface area (Å²) in [7, 11) is 1.76. The molecular weight excluding hydrogens is 325 g/mol. The Morgan fingerprint density at radius 3 is 2.82 bits per heavy atom. The number of hydrogen-bond acceptors (Lipinski definition) is 2. The van der Waals surface area contributed by atoms with Crippen LogP contribution in [0.15, 0.2) is 18.2 Å². The van der Waals surface area contributed by atoms with Gasteiger partial charge in [-0.1, -0.05) is 25.1 Å². The first-order valence-corrected chi connectivity index (χ1v) is 7.25. The number of nitrogens with one attached hydrogen (secondary N) is 1. The molecule has 0 aliphatic carbocycles. The summed E-state index contributed by atoms with van der Waals surface area (Å²) in [4.78, 5) is 0. The van der Waals surface area contributed by atoms with Crippen LogP contribution in [0.4, 0.5) is 0 Å². The maximum absolute atomic E-state index is 5.13. The lowest BCUT2D eigenvalue weighted by atomic mass is 10.0. The standard InChI is InChI=1S/C14H22INO/c1-4-16-13(9-6-10-17-3)12-8-5-7-11(2)14(12)15/h5,7-8,13,16H,4,6,9-10H2,1-3H3. The molecule has 2 nitrogen and oxygen atoms in total. The number of aryl methyl sites for hydroxylation is 1. The molecule has 1 N–H and O–H groups in total. The van der Waals surface area contributed by atoms with Crippen molar-refractivity contribution >= 4 is 22.6 Å². The Morgan fingerprint density at radius 1 is 1.41 bits per heavy atom. The summed E-state index contributed by atoms with van der Waals surface area (Å²) < 4.78 is 6.51. The number of rotatable bonds is 7. The first kappa shape index (κ1) is 14.9. The van der Waals surface area contributed by atoms with Gasteiger partial charge in [0.25, 0.3) is 0 Å². The van der Waals surface area contributed by atoms with E-state index in [2.05, 4.69) is 60.0 Å². The van der Waals surface area contributed by atoms with Crippen molar-refractivity contribution in [3.05, 3.63) is 32.9 Å². The lowest BCUT2D eigenvalue weighted by molar-refractivity contribution is 0.189. The molecule has 1 atom stereocenters. The van der Waals surface area contributed by atoms with E-state index in [0.717, 1.165) is 26.0 Å². The van der Waals surface area contributed by atoms with Gasteiger partial charge in [0.05, 0.1) is 0 Å². The second kappa shape index (κ2) is 8.06. The predicted molar refractivity (Wildman–Crippen MR) is 81.4 cm³/mol. The molecule has 0 bridgehead atoms. The molecule has 17 heavy (non-hydrogen) atoms. The quantitative estimate of drug-likeness (QED) is 0.600. The van der Waals surface area contributed by atoms with Crippen LogP contribution in [-0.4, -0.2) is 20.3 Å². The summed E-state index contributed by atoms with van der Waals surface area (Å²) in [5.74, 6) is 0. The maximum Gasteiger partial charge on any atom is 0.0462 e. The molecule has 96 valence electrons. The average molecular weight is 347 g/mol. The van der Waals surface area contributed by atoms with Gasteiger partial charge in [-0.3, -0.25) is 0 Å². The Morgan fingerprint density at radius 2 is 2.18 bits per heavy atom. The van der Waals surface area contributed by atoms with Crippen molar-refractivity contribution in [3.63, 3.8) is 0 Å². The van der Waals surface area contributed by atoms with Crippen molar-refractivity contribution in [3.8, 4) is 0 Å². The predicted octanol–water partition coefficient (Wildman–Crippen LogP) is 3.68. The third kappa shape index (κ3) is 4.56. The number of ether oxygens (including phenoxy) is 1. The van der Waals surface area contributed by atoms with Crippen molar-refractivity contribution in [2.45, 2.75) is 32.7 Å². The highest BCUT2D eigenvalue weighted by atomic mass is 127. The molecule has 0 saturated carbocycles. The largest absolute Gasteiger partial charge is 0.385 e. The summed E-state index contributed by atoms with van der Waals surface area (Å²) >= 11 is 2.45. The minimum Gasteiger partial charge on any atom is -0.385 e. The van der Waals surface area contributed by atoms with Crippen LogP contribution in [-0.2, 0) is 4.74 Å². The molecule has 0 aromatic heterocycles. The smallest absolute Gasteiger partial charge is 0.0462 e. The molecular formula is C14H22INO. The summed E-state index contributed by atoms with van der Waals surface area (Å²) in [6, 6.07) is 6.99. The molecule has 1 aromatic rings. The molecule has 0 aliphatic rings. The van der Waals surface area contributed by atoms with Gasteiger partial charge in [-0.05, 0) is 60.0 Å². The number of benzene rings is 1. The van der Waals surface area contributed by atoms with Crippen molar-refractivity contribution in [2.24, 2.45) is 0 Å². The van der Waals surface area contributed by atoms with E-state index < -0.39 is 0 Å². The molecule has 1 unspecified atom stereocenters. The van der Waals surface area contributed by atoms with E-state index in [1.807, 2.05) is 0 Å². The van der Waals surface area contributed by atoms with Crippen molar-refractivity contribution in [1.82, 2.24) is 5.32 Å². The fourth-order valence-electron chi connectivity index (χ4n) is 1.98. The first-order valence-electron chi connectivity index (χ1n) is 6.18. The molecule has 1 rings (SSSR count). The highest BCUT2D eigenvalue weighted by Gasteiger charge is 2.13. The highest BCUT2D eigenvalue weighted by molar-refractivity contribution is 14.1. The van der Waals surface area contributed by atoms with Gasteiger partial charge in [-0.2, -0.15) is 0 Å². The van der Waals surface area contributed by atoms with Crippen molar-refractivity contribution < 1.29 is 4.74 Å². The van der Waals surface area contributed by atoms with E-state index in [4.69, 9.17) is 4.74 Å². The normalized spacial score (nSPS) is 12.7. The van der Waals surface area contributed by atoms with E-state index in [-0.39, 0.29) is 0 Å². The van der Waals surface area contributed by atoms with Crippen LogP contribution in [0.3, 0.4) is 0 Å². The Labute approximate surface area is 118 Å². The topological polar surface area (TPSA) is 21.3 Å². The highest BCUT2D eigenvalue weighted by Crippen LogP contribution is 2.26. The van der Waals surface area contributed by atoms with Crippen LogP contribution in [0.25, 0.3) is 0 Å². The summed E-state index contributed by atoms with van der Waals surface area (Å²) in [5, 5.41) is 3.57. The van der Waals surface area contributed by atoms with E-state index in [1.54, 1.807) is 7.11 Å². The van der Waals surface area contributed by atoms with E-state index in [1.165, 1.54) is 14.7 Å². The van der Waals surface area contributed by atoms with Crippen molar-refractivity contribution in [2.75, 3.05) is 20.3 Å². The van der Waals surface area contributed by atoms with E-state index in [0.29, 0.717) is 6.04 Å². The Kier molecular flexibility index (Phi) is 7.08. The zero-order valence-corrected chi connectivity index (χ0v) is 13.1. The lowest BCUT2D eigenvalue weighted by Crippen LogP contribution is -2.22. The molecule has 0 radical (unpaired) electrons. The molecule has 0 spiro atoms. The van der Waals surface area contributed by atoms with Crippen LogP contribution >= 0.6 is 22.6 Å². The van der Waals surface area contributed by atoms with Gasteiger partial charge in [0, 0.05) is 23.3 Å². The van der Waals surface area contributed by atoms with Gasteiger partial charge in [-0.15, -0.1) is 0 Å². The van der Waals surface area contributed by atoms with Gasteiger partial charge in [0.1, 0.15) is 0 Å². The number of halogens is 1. The second-order valence-corrected chi connectivity index (χ2v) is 5.30. The van der Waals surface area contributed by atoms with Gasteiger partial charge in [-0.25, -0.2) is 0 Å². The van der Waals surface area contributed by atoms with E-state index in [9.17, 15) is 0 Å². The summed E-state index contributed by atoms with van der Waals surface area (Å²) in [6.45, 7) is 6.17. The molecule has 1 aromatic carbocycles. The van der Waals surface area contributed by atoms with Crippen LogP contribution in [0.2, 0.25) is 0 Å². The minimum atomic E-state index is 0.446. The Bertz CT molecular complexity index is 341. The average Bonchev–Trinajstić information content (AvgIpc) is 2.32. The van der Waals surface area contributed by atoms with Crippen LogP contribution in [0.5, 0.6) is 0 Å².